The second-order valence-corrected chi connectivity index (χ2v) is 6.90. The van der Waals surface area contributed by atoms with E-state index in [0.717, 1.165) is 48.3 Å². The molecule has 1 aliphatic rings. The molecule has 5 nitrogen and oxygen atoms in total. The Labute approximate surface area is 158 Å². The molecule has 0 radical (unpaired) electrons. The predicted molar refractivity (Wildman–Crippen MR) is 107 cm³/mol. The molecule has 1 aliphatic heterocycles. The van der Waals surface area contributed by atoms with Crippen LogP contribution in [0.15, 0.2) is 60.8 Å². The van der Waals surface area contributed by atoms with Gasteiger partial charge in [0.1, 0.15) is 11.5 Å². The number of carbonyl (C=O) groups is 1. The molecule has 1 saturated heterocycles. The van der Waals surface area contributed by atoms with E-state index in [9.17, 15) is 4.79 Å². The third-order valence-electron chi connectivity index (χ3n) is 4.90. The maximum Gasteiger partial charge on any atom is 0.224 e. The van der Waals surface area contributed by atoms with Gasteiger partial charge in [0.05, 0.1) is 5.52 Å². The molecular weight excluding hydrogens is 338 g/mol. The van der Waals surface area contributed by atoms with Gasteiger partial charge in [-0.3, -0.25) is 9.78 Å². The molecule has 0 saturated carbocycles. The molecule has 2 heterocycles. The quantitative estimate of drug-likeness (QED) is 0.685. The van der Waals surface area contributed by atoms with Crippen LogP contribution in [-0.4, -0.2) is 24.0 Å². The minimum absolute atomic E-state index is 0.0495. The van der Waals surface area contributed by atoms with Crippen molar-refractivity contribution in [1.29, 1.82) is 0 Å². The Hall–Kier alpha value is -2.92. The molecular formula is C22H23N3O2. The van der Waals surface area contributed by atoms with Gasteiger partial charge < -0.3 is 15.4 Å². The number of anilines is 1. The summed E-state index contributed by atoms with van der Waals surface area (Å²) in [4.78, 5) is 16.6. The van der Waals surface area contributed by atoms with Gasteiger partial charge in [-0.25, -0.2) is 0 Å². The Morgan fingerprint density at radius 1 is 1.19 bits per heavy atom. The number of hydrogen-bond donors (Lipinski definition) is 2. The van der Waals surface area contributed by atoms with Gasteiger partial charge in [-0.15, -0.1) is 0 Å². The molecule has 1 unspecified atom stereocenters. The lowest BCUT2D eigenvalue weighted by Gasteiger charge is -2.11. The zero-order valence-corrected chi connectivity index (χ0v) is 15.2. The number of ether oxygens (including phenoxy) is 1. The van der Waals surface area contributed by atoms with Crippen molar-refractivity contribution < 1.29 is 9.53 Å². The molecule has 1 fully saturated rings. The summed E-state index contributed by atoms with van der Waals surface area (Å²) in [6, 6.07) is 17.2. The monoisotopic (exact) mass is 361 g/mol. The zero-order valence-electron chi connectivity index (χ0n) is 15.2. The summed E-state index contributed by atoms with van der Waals surface area (Å²) in [7, 11) is 0. The van der Waals surface area contributed by atoms with Crippen molar-refractivity contribution in [2.75, 3.05) is 18.4 Å². The summed E-state index contributed by atoms with van der Waals surface area (Å²) < 4.78 is 6.06. The van der Waals surface area contributed by atoms with Crippen LogP contribution in [0.25, 0.3) is 10.9 Å². The fourth-order valence-corrected chi connectivity index (χ4v) is 3.44. The molecule has 0 bridgehead atoms. The predicted octanol–water partition coefficient (Wildman–Crippen LogP) is 4.36. The fourth-order valence-electron chi connectivity index (χ4n) is 3.44. The first-order chi connectivity index (χ1) is 13.3. The normalized spacial score (nSPS) is 16.4. The lowest BCUT2D eigenvalue weighted by Crippen LogP contribution is -2.15. The molecule has 0 aliphatic carbocycles. The molecule has 27 heavy (non-hydrogen) atoms. The van der Waals surface area contributed by atoms with Crippen LogP contribution in [0.3, 0.4) is 0 Å². The number of nitrogens with zero attached hydrogens (tertiary/aromatic N) is 1. The van der Waals surface area contributed by atoms with E-state index in [1.807, 2.05) is 54.6 Å². The van der Waals surface area contributed by atoms with Crippen LogP contribution in [0.1, 0.15) is 19.3 Å². The van der Waals surface area contributed by atoms with E-state index in [-0.39, 0.29) is 5.91 Å². The van der Waals surface area contributed by atoms with Crippen LogP contribution < -0.4 is 15.4 Å². The summed E-state index contributed by atoms with van der Waals surface area (Å²) in [5, 5.41) is 7.27. The molecule has 2 aromatic carbocycles. The van der Waals surface area contributed by atoms with Gasteiger partial charge in [0.15, 0.2) is 0 Å². The lowest BCUT2D eigenvalue weighted by atomic mass is 10.0. The second-order valence-electron chi connectivity index (χ2n) is 6.90. The Bertz CT molecular complexity index is 930. The van der Waals surface area contributed by atoms with E-state index < -0.39 is 0 Å². The molecule has 1 aromatic heterocycles. The standard InChI is InChI=1S/C22H23N3O2/c26-22(9-8-16-10-12-23-15-16)25-17-4-3-5-18(14-17)27-21-11-13-24-20-7-2-1-6-19(20)21/h1-7,11,13-14,16,23H,8-10,12,15H2,(H,25,26). The highest BCUT2D eigenvalue weighted by molar-refractivity contribution is 5.91. The molecule has 138 valence electrons. The van der Waals surface area contributed by atoms with Gasteiger partial charge >= 0.3 is 0 Å². The van der Waals surface area contributed by atoms with Crippen LogP contribution in [0.4, 0.5) is 5.69 Å². The number of para-hydroxylation sites is 1. The van der Waals surface area contributed by atoms with Crippen molar-refractivity contribution in [2.45, 2.75) is 19.3 Å². The average Bonchev–Trinajstić information content (AvgIpc) is 3.21. The van der Waals surface area contributed by atoms with Crippen molar-refractivity contribution in [1.82, 2.24) is 10.3 Å². The number of amides is 1. The lowest BCUT2D eigenvalue weighted by molar-refractivity contribution is -0.116. The first-order valence-electron chi connectivity index (χ1n) is 9.40. The Morgan fingerprint density at radius 2 is 2.11 bits per heavy atom. The van der Waals surface area contributed by atoms with Gasteiger partial charge in [0.2, 0.25) is 5.91 Å². The summed E-state index contributed by atoms with van der Waals surface area (Å²) in [6.07, 6.45) is 4.38. The minimum atomic E-state index is 0.0495. The highest BCUT2D eigenvalue weighted by atomic mass is 16.5. The third-order valence-corrected chi connectivity index (χ3v) is 4.90. The van der Waals surface area contributed by atoms with Gasteiger partial charge in [0, 0.05) is 29.8 Å². The van der Waals surface area contributed by atoms with Gasteiger partial charge in [-0.2, -0.15) is 0 Å². The van der Waals surface area contributed by atoms with Crippen molar-refractivity contribution in [3.8, 4) is 11.5 Å². The molecule has 2 N–H and O–H groups in total. The minimum Gasteiger partial charge on any atom is -0.457 e. The van der Waals surface area contributed by atoms with Crippen LogP contribution in [0.2, 0.25) is 0 Å². The maximum atomic E-state index is 12.2. The molecule has 3 aromatic rings. The van der Waals surface area contributed by atoms with Crippen molar-refractivity contribution in [2.24, 2.45) is 5.92 Å². The Kier molecular flexibility index (Phi) is 5.30. The number of benzene rings is 2. The largest absolute Gasteiger partial charge is 0.457 e. The van der Waals surface area contributed by atoms with Crippen LogP contribution in [-0.2, 0) is 4.79 Å². The first kappa shape index (κ1) is 17.5. The molecule has 5 heteroatoms. The average molecular weight is 361 g/mol. The first-order valence-corrected chi connectivity index (χ1v) is 9.40. The number of carbonyl (C=O) groups excluding carboxylic acids is 1. The van der Waals surface area contributed by atoms with E-state index in [1.54, 1.807) is 6.20 Å². The summed E-state index contributed by atoms with van der Waals surface area (Å²) in [6.45, 7) is 2.09. The molecule has 1 amide bonds. The number of hydrogen-bond acceptors (Lipinski definition) is 4. The summed E-state index contributed by atoms with van der Waals surface area (Å²) in [5.41, 5.74) is 1.64. The number of aromatic nitrogens is 1. The van der Waals surface area contributed by atoms with E-state index in [1.165, 1.54) is 0 Å². The highest BCUT2D eigenvalue weighted by Crippen LogP contribution is 2.29. The van der Waals surface area contributed by atoms with Crippen molar-refractivity contribution >= 4 is 22.5 Å². The third kappa shape index (κ3) is 4.44. The number of fused-ring (bicyclic) bond motifs is 1. The van der Waals surface area contributed by atoms with Crippen LogP contribution in [0.5, 0.6) is 11.5 Å². The maximum absolute atomic E-state index is 12.2. The van der Waals surface area contributed by atoms with E-state index in [4.69, 9.17) is 4.74 Å². The van der Waals surface area contributed by atoms with E-state index in [0.29, 0.717) is 18.1 Å². The molecule has 1 atom stereocenters. The van der Waals surface area contributed by atoms with Crippen molar-refractivity contribution in [3.63, 3.8) is 0 Å². The summed E-state index contributed by atoms with van der Waals surface area (Å²) in [5.74, 6) is 2.10. The SMILES string of the molecule is O=C(CCC1CCNC1)Nc1cccc(Oc2ccnc3ccccc23)c1. The number of pyridine rings is 1. The van der Waals surface area contributed by atoms with Gasteiger partial charge in [-0.05, 0) is 62.2 Å². The van der Waals surface area contributed by atoms with Crippen molar-refractivity contribution in [3.05, 3.63) is 60.8 Å². The van der Waals surface area contributed by atoms with E-state index in [2.05, 4.69) is 15.6 Å². The molecule has 0 spiro atoms. The Balaban J connectivity index is 1.42. The fraction of sp³-hybridized carbons (Fsp3) is 0.273. The summed E-state index contributed by atoms with van der Waals surface area (Å²) >= 11 is 0. The van der Waals surface area contributed by atoms with Crippen LogP contribution >= 0.6 is 0 Å². The number of nitrogens with one attached hydrogen (secondary N) is 2. The van der Waals surface area contributed by atoms with Crippen LogP contribution in [0, 0.1) is 5.92 Å². The van der Waals surface area contributed by atoms with Gasteiger partial charge in [-0.1, -0.05) is 18.2 Å². The highest BCUT2D eigenvalue weighted by Gasteiger charge is 2.15. The van der Waals surface area contributed by atoms with E-state index >= 15 is 0 Å². The second kappa shape index (κ2) is 8.18. The Morgan fingerprint density at radius 3 is 3.00 bits per heavy atom. The smallest absolute Gasteiger partial charge is 0.224 e. The topological polar surface area (TPSA) is 63.2 Å². The number of rotatable bonds is 6. The van der Waals surface area contributed by atoms with Gasteiger partial charge in [0.25, 0.3) is 0 Å². The zero-order chi connectivity index (χ0) is 18.5. The molecule has 4 rings (SSSR count).